The van der Waals surface area contributed by atoms with Crippen LogP contribution in [0.3, 0.4) is 0 Å². The number of carbonyl (C=O) groups is 1. The lowest BCUT2D eigenvalue weighted by Crippen LogP contribution is -2.25. The minimum Gasteiger partial charge on any atom is -0.493 e. The van der Waals surface area contributed by atoms with E-state index < -0.39 is 5.82 Å². The van der Waals surface area contributed by atoms with Gasteiger partial charge in [0.2, 0.25) is 0 Å². The van der Waals surface area contributed by atoms with Crippen molar-refractivity contribution >= 4 is 17.8 Å². The lowest BCUT2D eigenvalue weighted by Gasteiger charge is -2.14. The molecule has 1 heterocycles. The standard InChI is InChI=1S/C19H21FN2O3/c1-4-12-25-16-9-7-14(13-17(16)24-3)8-10-18(23)22(2)19-15(20)6-5-11-21-19/h5-11,13H,4,12H2,1-3H3. The van der Waals surface area contributed by atoms with Crippen LogP contribution in [0.25, 0.3) is 6.08 Å². The molecule has 132 valence electrons. The van der Waals surface area contributed by atoms with Gasteiger partial charge in [0.05, 0.1) is 13.7 Å². The number of hydrogen-bond donors (Lipinski definition) is 0. The second-order valence-corrected chi connectivity index (χ2v) is 5.30. The highest BCUT2D eigenvalue weighted by molar-refractivity contribution is 6.02. The molecule has 0 N–H and O–H groups in total. The lowest BCUT2D eigenvalue weighted by molar-refractivity contribution is -0.113. The first-order valence-corrected chi connectivity index (χ1v) is 7.94. The average Bonchev–Trinajstić information content (AvgIpc) is 2.64. The number of carbonyl (C=O) groups excluding carboxylic acids is 1. The van der Waals surface area contributed by atoms with E-state index in [1.54, 1.807) is 25.3 Å². The Morgan fingerprint density at radius 2 is 2.12 bits per heavy atom. The summed E-state index contributed by atoms with van der Waals surface area (Å²) in [6.45, 7) is 2.63. The monoisotopic (exact) mass is 344 g/mol. The summed E-state index contributed by atoms with van der Waals surface area (Å²) in [6.07, 6.45) is 5.32. The molecule has 0 radical (unpaired) electrons. The zero-order chi connectivity index (χ0) is 18.2. The summed E-state index contributed by atoms with van der Waals surface area (Å²) in [6, 6.07) is 8.12. The molecule has 1 aromatic carbocycles. The number of ether oxygens (including phenoxy) is 2. The topological polar surface area (TPSA) is 51.7 Å². The number of nitrogens with zero attached hydrogens (tertiary/aromatic N) is 2. The zero-order valence-corrected chi connectivity index (χ0v) is 14.5. The fourth-order valence-electron chi connectivity index (χ4n) is 2.13. The van der Waals surface area contributed by atoms with Crippen LogP contribution in [0.2, 0.25) is 0 Å². The maximum Gasteiger partial charge on any atom is 0.251 e. The predicted molar refractivity (Wildman–Crippen MR) is 95.4 cm³/mol. The molecule has 0 aliphatic heterocycles. The summed E-state index contributed by atoms with van der Waals surface area (Å²) < 4.78 is 24.6. The second-order valence-electron chi connectivity index (χ2n) is 5.30. The number of likely N-dealkylation sites (N-methyl/N-ethyl adjacent to an activating group) is 1. The zero-order valence-electron chi connectivity index (χ0n) is 14.5. The SMILES string of the molecule is CCCOc1ccc(C=CC(=O)N(C)c2ncccc2F)cc1OC. The number of methoxy groups -OCH3 is 1. The van der Waals surface area contributed by atoms with Gasteiger partial charge in [0.1, 0.15) is 0 Å². The van der Waals surface area contributed by atoms with Crippen LogP contribution >= 0.6 is 0 Å². The van der Waals surface area contributed by atoms with E-state index in [0.717, 1.165) is 16.9 Å². The van der Waals surface area contributed by atoms with Gasteiger partial charge in [0.15, 0.2) is 23.1 Å². The minimum absolute atomic E-state index is 0.0157. The van der Waals surface area contributed by atoms with Crippen LogP contribution in [0.5, 0.6) is 11.5 Å². The molecule has 2 aromatic rings. The minimum atomic E-state index is -0.550. The van der Waals surface area contributed by atoms with Gasteiger partial charge in [0.25, 0.3) is 5.91 Å². The first kappa shape index (κ1) is 18.4. The predicted octanol–water partition coefficient (Wildman–Crippen LogP) is 3.69. The molecule has 6 heteroatoms. The smallest absolute Gasteiger partial charge is 0.251 e. The first-order valence-electron chi connectivity index (χ1n) is 7.94. The van der Waals surface area contributed by atoms with Gasteiger partial charge in [-0.3, -0.25) is 9.69 Å². The Hall–Kier alpha value is -2.89. The Morgan fingerprint density at radius 1 is 1.32 bits per heavy atom. The first-order chi connectivity index (χ1) is 12.1. The van der Waals surface area contributed by atoms with Crippen LogP contribution in [0.4, 0.5) is 10.2 Å². The third-order valence-electron chi connectivity index (χ3n) is 3.46. The van der Waals surface area contributed by atoms with Crippen molar-refractivity contribution in [1.29, 1.82) is 0 Å². The molecule has 0 saturated carbocycles. The van der Waals surface area contributed by atoms with Crippen molar-refractivity contribution < 1.29 is 18.7 Å². The Bertz CT molecular complexity index is 762. The van der Waals surface area contributed by atoms with Crippen molar-refractivity contribution in [3.05, 3.63) is 54.0 Å². The lowest BCUT2D eigenvalue weighted by atomic mass is 10.2. The van der Waals surface area contributed by atoms with E-state index in [-0.39, 0.29) is 11.7 Å². The summed E-state index contributed by atoms with van der Waals surface area (Å²) in [7, 11) is 3.03. The van der Waals surface area contributed by atoms with Gasteiger partial charge in [-0.15, -0.1) is 0 Å². The van der Waals surface area contributed by atoms with Gasteiger partial charge in [-0.05, 0) is 42.3 Å². The molecule has 1 aromatic heterocycles. The highest BCUT2D eigenvalue weighted by Gasteiger charge is 2.13. The number of benzene rings is 1. The Labute approximate surface area is 146 Å². The molecule has 0 fully saturated rings. The van der Waals surface area contributed by atoms with Crippen LogP contribution in [0.1, 0.15) is 18.9 Å². The maximum atomic E-state index is 13.7. The Kier molecular flexibility index (Phi) is 6.51. The quantitative estimate of drug-likeness (QED) is 0.719. The number of halogens is 1. The number of aromatic nitrogens is 1. The molecular weight excluding hydrogens is 323 g/mol. The summed E-state index contributed by atoms with van der Waals surface area (Å²) >= 11 is 0. The van der Waals surface area contributed by atoms with E-state index in [1.807, 2.05) is 13.0 Å². The number of hydrogen-bond acceptors (Lipinski definition) is 4. The van der Waals surface area contributed by atoms with Gasteiger partial charge in [-0.1, -0.05) is 13.0 Å². The summed E-state index contributed by atoms with van der Waals surface area (Å²) in [5.41, 5.74) is 0.768. The summed E-state index contributed by atoms with van der Waals surface area (Å²) in [5, 5.41) is 0. The average molecular weight is 344 g/mol. The van der Waals surface area contributed by atoms with Crippen molar-refractivity contribution in [3.63, 3.8) is 0 Å². The van der Waals surface area contributed by atoms with Crippen molar-refractivity contribution in [3.8, 4) is 11.5 Å². The molecule has 1 amide bonds. The normalized spacial score (nSPS) is 10.7. The molecule has 0 spiro atoms. The van der Waals surface area contributed by atoms with Crippen molar-refractivity contribution in [2.45, 2.75) is 13.3 Å². The highest BCUT2D eigenvalue weighted by atomic mass is 19.1. The van der Waals surface area contributed by atoms with Crippen LogP contribution < -0.4 is 14.4 Å². The number of pyridine rings is 1. The van der Waals surface area contributed by atoms with E-state index in [1.165, 1.54) is 31.5 Å². The summed E-state index contributed by atoms with van der Waals surface area (Å²) in [4.78, 5) is 17.2. The third-order valence-corrected chi connectivity index (χ3v) is 3.46. The number of rotatable bonds is 7. The molecule has 5 nitrogen and oxygen atoms in total. The second kappa shape index (κ2) is 8.82. The maximum absolute atomic E-state index is 13.7. The Balaban J connectivity index is 2.12. The Morgan fingerprint density at radius 3 is 2.80 bits per heavy atom. The van der Waals surface area contributed by atoms with E-state index in [4.69, 9.17) is 9.47 Å². The third kappa shape index (κ3) is 4.79. The molecule has 0 aliphatic rings. The fourth-order valence-corrected chi connectivity index (χ4v) is 2.13. The molecule has 25 heavy (non-hydrogen) atoms. The van der Waals surface area contributed by atoms with Gasteiger partial charge in [-0.25, -0.2) is 9.37 Å². The van der Waals surface area contributed by atoms with Crippen molar-refractivity contribution in [1.82, 2.24) is 4.98 Å². The van der Waals surface area contributed by atoms with Crippen LogP contribution in [0, 0.1) is 5.82 Å². The van der Waals surface area contributed by atoms with E-state index in [0.29, 0.717) is 18.1 Å². The van der Waals surface area contributed by atoms with Gasteiger partial charge in [-0.2, -0.15) is 0 Å². The van der Waals surface area contributed by atoms with Gasteiger partial charge < -0.3 is 9.47 Å². The largest absolute Gasteiger partial charge is 0.493 e. The molecule has 2 rings (SSSR count). The van der Waals surface area contributed by atoms with Crippen molar-refractivity contribution in [2.75, 3.05) is 25.7 Å². The number of anilines is 1. The molecule has 0 bridgehead atoms. The molecule has 0 unspecified atom stereocenters. The van der Waals surface area contributed by atoms with Gasteiger partial charge >= 0.3 is 0 Å². The molecular formula is C19H21FN2O3. The molecule has 0 aliphatic carbocycles. The summed E-state index contributed by atoms with van der Waals surface area (Å²) in [5.74, 6) is 0.291. The van der Waals surface area contributed by atoms with Crippen LogP contribution in [-0.4, -0.2) is 31.7 Å². The molecule has 0 saturated heterocycles. The van der Waals surface area contributed by atoms with Crippen LogP contribution in [-0.2, 0) is 4.79 Å². The van der Waals surface area contributed by atoms with Gasteiger partial charge in [0, 0.05) is 19.3 Å². The molecule has 0 atom stereocenters. The van der Waals surface area contributed by atoms with Crippen LogP contribution in [0.15, 0.2) is 42.6 Å². The van der Waals surface area contributed by atoms with E-state index in [9.17, 15) is 9.18 Å². The number of amides is 1. The van der Waals surface area contributed by atoms with E-state index >= 15 is 0 Å². The van der Waals surface area contributed by atoms with E-state index in [2.05, 4.69) is 4.98 Å². The fraction of sp³-hybridized carbons (Fsp3) is 0.263. The highest BCUT2D eigenvalue weighted by Crippen LogP contribution is 2.28. The van der Waals surface area contributed by atoms with Crippen molar-refractivity contribution in [2.24, 2.45) is 0 Å².